The maximum atomic E-state index is 3.36. The molecule has 2 fully saturated rings. The molecule has 0 saturated carbocycles. The summed E-state index contributed by atoms with van der Waals surface area (Å²) < 4.78 is 0. The minimum Gasteiger partial charge on any atom is -0.314 e. The molecule has 0 aromatic rings. The van der Waals surface area contributed by atoms with Crippen LogP contribution in [0.2, 0.25) is 0 Å². The summed E-state index contributed by atoms with van der Waals surface area (Å²) in [5.41, 5.74) is 0. The standard InChI is InChI=1S/C12H25N3S/c1-16-9-3-2-4-14-5-7-15(8-6-14)12-10-13-11-12/h12-13H,2-11H2,1H3. The molecule has 0 aliphatic carbocycles. The van der Waals surface area contributed by atoms with Crippen LogP contribution < -0.4 is 5.32 Å². The number of rotatable bonds is 6. The van der Waals surface area contributed by atoms with Gasteiger partial charge in [-0.05, 0) is 31.4 Å². The van der Waals surface area contributed by atoms with Crippen LogP contribution in [0.25, 0.3) is 0 Å². The van der Waals surface area contributed by atoms with Crippen LogP contribution in [0.1, 0.15) is 12.8 Å². The molecule has 16 heavy (non-hydrogen) atoms. The average Bonchev–Trinajstić information content (AvgIpc) is 2.24. The summed E-state index contributed by atoms with van der Waals surface area (Å²) >= 11 is 1.97. The van der Waals surface area contributed by atoms with Crippen molar-refractivity contribution < 1.29 is 0 Å². The van der Waals surface area contributed by atoms with E-state index < -0.39 is 0 Å². The van der Waals surface area contributed by atoms with Crippen molar-refractivity contribution in [2.75, 3.05) is 57.8 Å². The smallest absolute Gasteiger partial charge is 0.0346 e. The van der Waals surface area contributed by atoms with E-state index in [2.05, 4.69) is 21.4 Å². The summed E-state index contributed by atoms with van der Waals surface area (Å²) in [5.74, 6) is 1.33. The Kier molecular flexibility index (Phi) is 5.42. The SMILES string of the molecule is CSCCCCN1CCN(C2CNC2)CC1. The number of nitrogens with one attached hydrogen (secondary N) is 1. The first kappa shape index (κ1) is 12.7. The molecule has 0 radical (unpaired) electrons. The van der Waals surface area contributed by atoms with E-state index in [-0.39, 0.29) is 0 Å². The second-order valence-electron chi connectivity index (χ2n) is 4.89. The van der Waals surface area contributed by atoms with Crippen molar-refractivity contribution in [1.82, 2.24) is 15.1 Å². The minimum atomic E-state index is 0.846. The third kappa shape index (κ3) is 3.62. The highest BCUT2D eigenvalue weighted by Gasteiger charge is 2.27. The lowest BCUT2D eigenvalue weighted by atomic mass is 10.1. The molecular formula is C12H25N3S. The fourth-order valence-corrected chi connectivity index (χ4v) is 2.96. The summed E-state index contributed by atoms with van der Waals surface area (Å²) in [6.45, 7) is 8.90. The van der Waals surface area contributed by atoms with Crippen LogP contribution in [0, 0.1) is 0 Å². The molecule has 1 N–H and O–H groups in total. The summed E-state index contributed by atoms with van der Waals surface area (Å²) in [4.78, 5) is 5.30. The molecule has 2 saturated heterocycles. The van der Waals surface area contributed by atoms with Gasteiger partial charge in [-0.2, -0.15) is 11.8 Å². The Hall–Kier alpha value is 0.230. The third-order valence-electron chi connectivity index (χ3n) is 3.76. The second kappa shape index (κ2) is 6.84. The molecule has 2 rings (SSSR count). The zero-order valence-electron chi connectivity index (χ0n) is 10.5. The topological polar surface area (TPSA) is 18.5 Å². The largest absolute Gasteiger partial charge is 0.314 e. The zero-order valence-corrected chi connectivity index (χ0v) is 11.3. The Labute approximate surface area is 104 Å². The highest BCUT2D eigenvalue weighted by atomic mass is 32.2. The van der Waals surface area contributed by atoms with Gasteiger partial charge in [-0.1, -0.05) is 0 Å². The Bertz CT molecular complexity index is 189. The molecule has 0 atom stereocenters. The van der Waals surface area contributed by atoms with Crippen molar-refractivity contribution in [3.8, 4) is 0 Å². The molecule has 94 valence electrons. The summed E-state index contributed by atoms with van der Waals surface area (Å²) in [7, 11) is 0. The Balaban J connectivity index is 1.54. The molecule has 2 aliphatic heterocycles. The molecule has 2 aliphatic rings. The predicted octanol–water partition coefficient (Wildman–Crippen LogP) is 0.719. The Morgan fingerprint density at radius 3 is 2.44 bits per heavy atom. The molecule has 0 aromatic heterocycles. The van der Waals surface area contributed by atoms with Crippen LogP contribution in [-0.2, 0) is 0 Å². The van der Waals surface area contributed by atoms with Crippen LogP contribution in [0.4, 0.5) is 0 Å². The molecule has 0 spiro atoms. The fourth-order valence-electron chi connectivity index (χ4n) is 2.47. The fraction of sp³-hybridized carbons (Fsp3) is 1.00. The van der Waals surface area contributed by atoms with Gasteiger partial charge in [0.2, 0.25) is 0 Å². The zero-order chi connectivity index (χ0) is 11.2. The van der Waals surface area contributed by atoms with E-state index in [4.69, 9.17) is 0 Å². The summed E-state index contributed by atoms with van der Waals surface area (Å²) in [6, 6.07) is 0.846. The van der Waals surface area contributed by atoms with Crippen LogP contribution in [-0.4, -0.2) is 73.7 Å². The predicted molar refractivity (Wildman–Crippen MR) is 72.3 cm³/mol. The highest BCUT2D eigenvalue weighted by molar-refractivity contribution is 7.98. The molecule has 0 aromatic carbocycles. The third-order valence-corrected chi connectivity index (χ3v) is 4.45. The number of hydrogen-bond donors (Lipinski definition) is 1. The number of nitrogens with zero attached hydrogens (tertiary/aromatic N) is 2. The summed E-state index contributed by atoms with van der Waals surface area (Å²) in [5, 5.41) is 3.36. The maximum Gasteiger partial charge on any atom is 0.0346 e. The first-order chi connectivity index (χ1) is 7.90. The first-order valence-corrected chi connectivity index (χ1v) is 7.95. The number of piperazine rings is 1. The van der Waals surface area contributed by atoms with Gasteiger partial charge in [-0.15, -0.1) is 0 Å². The van der Waals surface area contributed by atoms with E-state index >= 15 is 0 Å². The van der Waals surface area contributed by atoms with E-state index in [9.17, 15) is 0 Å². The molecule has 0 unspecified atom stereocenters. The number of thioether (sulfide) groups is 1. The second-order valence-corrected chi connectivity index (χ2v) is 5.88. The first-order valence-electron chi connectivity index (χ1n) is 6.56. The lowest BCUT2D eigenvalue weighted by Crippen LogP contribution is -2.61. The molecule has 0 bridgehead atoms. The van der Waals surface area contributed by atoms with E-state index in [1.54, 1.807) is 0 Å². The van der Waals surface area contributed by atoms with Gasteiger partial charge >= 0.3 is 0 Å². The van der Waals surface area contributed by atoms with Crippen LogP contribution in [0.15, 0.2) is 0 Å². The molecular weight excluding hydrogens is 218 g/mol. The van der Waals surface area contributed by atoms with Crippen LogP contribution >= 0.6 is 11.8 Å². The normalized spacial score (nSPS) is 24.6. The van der Waals surface area contributed by atoms with E-state index in [1.807, 2.05) is 11.8 Å². The van der Waals surface area contributed by atoms with Gasteiger partial charge in [0.1, 0.15) is 0 Å². The monoisotopic (exact) mass is 243 g/mol. The number of unbranched alkanes of at least 4 members (excludes halogenated alkanes) is 1. The van der Waals surface area contributed by atoms with E-state index in [0.29, 0.717) is 0 Å². The molecule has 4 heteroatoms. The minimum absolute atomic E-state index is 0.846. The average molecular weight is 243 g/mol. The van der Waals surface area contributed by atoms with Crippen molar-refractivity contribution in [3.63, 3.8) is 0 Å². The Morgan fingerprint density at radius 2 is 1.88 bits per heavy atom. The maximum absolute atomic E-state index is 3.36. The van der Waals surface area contributed by atoms with Gasteiger partial charge in [0.05, 0.1) is 0 Å². The van der Waals surface area contributed by atoms with Crippen LogP contribution in [0.3, 0.4) is 0 Å². The molecule has 3 nitrogen and oxygen atoms in total. The quantitative estimate of drug-likeness (QED) is 0.693. The lowest BCUT2D eigenvalue weighted by Gasteiger charge is -2.43. The van der Waals surface area contributed by atoms with Gasteiger partial charge in [0.25, 0.3) is 0 Å². The highest BCUT2D eigenvalue weighted by Crippen LogP contribution is 2.10. The van der Waals surface area contributed by atoms with Gasteiger partial charge in [0.15, 0.2) is 0 Å². The molecule has 2 heterocycles. The van der Waals surface area contributed by atoms with Crippen LogP contribution in [0.5, 0.6) is 0 Å². The number of hydrogen-bond acceptors (Lipinski definition) is 4. The van der Waals surface area contributed by atoms with Crippen molar-refractivity contribution in [1.29, 1.82) is 0 Å². The van der Waals surface area contributed by atoms with Crippen molar-refractivity contribution in [3.05, 3.63) is 0 Å². The van der Waals surface area contributed by atoms with E-state index in [0.717, 1.165) is 6.04 Å². The van der Waals surface area contributed by atoms with Gasteiger partial charge in [-0.25, -0.2) is 0 Å². The van der Waals surface area contributed by atoms with E-state index in [1.165, 1.54) is 64.4 Å². The van der Waals surface area contributed by atoms with Gasteiger partial charge in [0, 0.05) is 45.3 Å². The van der Waals surface area contributed by atoms with Crippen molar-refractivity contribution >= 4 is 11.8 Å². The lowest BCUT2D eigenvalue weighted by molar-refractivity contribution is 0.0724. The Morgan fingerprint density at radius 1 is 1.12 bits per heavy atom. The van der Waals surface area contributed by atoms with Gasteiger partial charge in [-0.3, -0.25) is 4.90 Å². The van der Waals surface area contributed by atoms with Crippen molar-refractivity contribution in [2.24, 2.45) is 0 Å². The summed E-state index contributed by atoms with van der Waals surface area (Å²) in [6.07, 6.45) is 4.96. The van der Waals surface area contributed by atoms with Gasteiger partial charge < -0.3 is 10.2 Å². The molecule has 0 amide bonds. The van der Waals surface area contributed by atoms with Crippen molar-refractivity contribution in [2.45, 2.75) is 18.9 Å².